The van der Waals surface area contributed by atoms with Crippen LogP contribution in [-0.4, -0.2) is 22.4 Å². The lowest BCUT2D eigenvalue weighted by molar-refractivity contribution is -0.384. The summed E-state index contributed by atoms with van der Waals surface area (Å²) in [4.78, 5) is 36.8. The van der Waals surface area contributed by atoms with E-state index in [2.05, 4.69) is 15.8 Å². The molecule has 1 heterocycles. The van der Waals surface area contributed by atoms with Gasteiger partial charge in [-0.1, -0.05) is 6.42 Å². The van der Waals surface area contributed by atoms with Gasteiger partial charge >= 0.3 is 0 Å². The number of anilines is 1. The lowest BCUT2D eigenvalue weighted by Crippen LogP contribution is -2.21. The number of non-ortho nitro benzene ring substituents is 1. The molecule has 0 fully saturated rings. The van der Waals surface area contributed by atoms with Crippen LogP contribution in [0.5, 0.6) is 0 Å². The molecule has 31 heavy (non-hydrogen) atoms. The Morgan fingerprint density at radius 1 is 1.13 bits per heavy atom. The van der Waals surface area contributed by atoms with E-state index in [-0.39, 0.29) is 17.5 Å². The van der Waals surface area contributed by atoms with Gasteiger partial charge in [-0.2, -0.15) is 5.10 Å². The average molecular weight is 441 g/mol. The van der Waals surface area contributed by atoms with E-state index in [0.29, 0.717) is 16.1 Å². The van der Waals surface area contributed by atoms with Gasteiger partial charge in [0.15, 0.2) is 0 Å². The molecule has 0 radical (unpaired) electrons. The van der Waals surface area contributed by atoms with E-state index in [0.717, 1.165) is 48.3 Å². The highest BCUT2D eigenvalue weighted by molar-refractivity contribution is 7.17. The SMILES string of the molecule is CC(C)=NNC(=O)c1c(NC(=O)C=Cc2ccc([N+](=O)[O-])cc2)sc2c1CCCCC2. The number of thiophene rings is 1. The predicted octanol–water partition coefficient (Wildman–Crippen LogP) is 4.70. The number of carbonyl (C=O) groups is 2. The Hall–Kier alpha value is -3.33. The minimum atomic E-state index is -0.475. The van der Waals surface area contributed by atoms with Crippen molar-refractivity contribution in [2.45, 2.75) is 46.0 Å². The van der Waals surface area contributed by atoms with E-state index in [1.807, 2.05) is 0 Å². The number of hydrogen-bond acceptors (Lipinski definition) is 6. The normalized spacial score (nSPS) is 13.2. The summed E-state index contributed by atoms with van der Waals surface area (Å²) < 4.78 is 0. The Kier molecular flexibility index (Phi) is 7.30. The highest BCUT2D eigenvalue weighted by Crippen LogP contribution is 2.37. The second kappa shape index (κ2) is 10.1. The first-order valence-corrected chi connectivity index (χ1v) is 10.9. The summed E-state index contributed by atoms with van der Waals surface area (Å²) in [5.74, 6) is -0.700. The molecule has 9 heteroatoms. The topological polar surface area (TPSA) is 114 Å². The minimum Gasteiger partial charge on any atom is -0.313 e. The first-order chi connectivity index (χ1) is 14.8. The summed E-state index contributed by atoms with van der Waals surface area (Å²) >= 11 is 1.44. The number of amides is 2. The number of nitro benzene ring substituents is 1. The number of rotatable bonds is 6. The van der Waals surface area contributed by atoms with Crippen molar-refractivity contribution >= 4 is 45.6 Å². The van der Waals surface area contributed by atoms with E-state index in [4.69, 9.17) is 0 Å². The molecule has 0 bridgehead atoms. The molecule has 0 saturated carbocycles. The van der Waals surface area contributed by atoms with Crippen LogP contribution in [0.4, 0.5) is 10.7 Å². The predicted molar refractivity (Wildman–Crippen MR) is 123 cm³/mol. The van der Waals surface area contributed by atoms with Crippen LogP contribution in [-0.2, 0) is 17.6 Å². The highest BCUT2D eigenvalue weighted by Gasteiger charge is 2.25. The maximum atomic E-state index is 12.8. The Morgan fingerprint density at radius 3 is 2.52 bits per heavy atom. The zero-order valence-electron chi connectivity index (χ0n) is 17.4. The van der Waals surface area contributed by atoms with Crippen LogP contribution in [0.1, 0.15) is 59.5 Å². The van der Waals surface area contributed by atoms with E-state index in [1.54, 1.807) is 32.1 Å². The number of hydrogen-bond donors (Lipinski definition) is 2. The van der Waals surface area contributed by atoms with Crippen LogP contribution in [0, 0.1) is 10.1 Å². The molecule has 2 N–H and O–H groups in total. The molecule has 1 aromatic heterocycles. The van der Waals surface area contributed by atoms with Crippen molar-refractivity contribution in [2.24, 2.45) is 5.10 Å². The largest absolute Gasteiger partial charge is 0.313 e. The summed E-state index contributed by atoms with van der Waals surface area (Å²) in [7, 11) is 0. The van der Waals surface area contributed by atoms with Crippen molar-refractivity contribution in [1.29, 1.82) is 0 Å². The van der Waals surface area contributed by atoms with Crippen molar-refractivity contribution in [3.05, 3.63) is 62.0 Å². The standard InChI is InChI=1S/C22H24N4O4S/c1-14(2)24-25-21(28)20-17-6-4-3-5-7-18(17)31-22(20)23-19(27)13-10-15-8-11-16(12-9-15)26(29)30/h8-13H,3-7H2,1-2H3,(H,23,27)(H,25,28). The molecule has 162 valence electrons. The maximum Gasteiger partial charge on any atom is 0.274 e. The number of aryl methyl sites for hydroxylation is 1. The highest BCUT2D eigenvalue weighted by atomic mass is 32.1. The monoisotopic (exact) mass is 440 g/mol. The van der Waals surface area contributed by atoms with Gasteiger partial charge < -0.3 is 5.32 Å². The first kappa shape index (κ1) is 22.4. The molecule has 1 aliphatic rings. The number of nitrogens with zero attached hydrogens (tertiary/aromatic N) is 2. The van der Waals surface area contributed by atoms with Gasteiger partial charge in [0.1, 0.15) is 5.00 Å². The smallest absolute Gasteiger partial charge is 0.274 e. The summed E-state index contributed by atoms with van der Waals surface area (Å²) in [6, 6.07) is 5.90. The molecular weight excluding hydrogens is 416 g/mol. The average Bonchev–Trinajstić information content (AvgIpc) is 2.91. The van der Waals surface area contributed by atoms with Gasteiger partial charge in [-0.3, -0.25) is 19.7 Å². The lowest BCUT2D eigenvalue weighted by Gasteiger charge is -2.07. The van der Waals surface area contributed by atoms with Crippen LogP contribution in [0.15, 0.2) is 35.4 Å². The third-order valence-corrected chi connectivity index (χ3v) is 6.00. The van der Waals surface area contributed by atoms with E-state index < -0.39 is 4.92 Å². The Morgan fingerprint density at radius 2 is 1.84 bits per heavy atom. The fourth-order valence-corrected chi connectivity index (χ4v) is 4.61. The summed E-state index contributed by atoms with van der Waals surface area (Å²) in [5, 5.41) is 18.1. The van der Waals surface area contributed by atoms with Crippen LogP contribution in [0.3, 0.4) is 0 Å². The molecule has 1 aliphatic carbocycles. The fraction of sp³-hybridized carbons (Fsp3) is 0.318. The van der Waals surface area contributed by atoms with Gasteiger partial charge in [0.25, 0.3) is 11.6 Å². The summed E-state index contributed by atoms with van der Waals surface area (Å²) in [5.41, 5.74) is 5.44. The third-order valence-electron chi connectivity index (χ3n) is 4.80. The molecule has 0 atom stereocenters. The molecular formula is C22H24N4O4S. The Bertz CT molecular complexity index is 1050. The zero-order chi connectivity index (χ0) is 22.4. The van der Waals surface area contributed by atoms with Crippen molar-refractivity contribution in [1.82, 2.24) is 5.43 Å². The van der Waals surface area contributed by atoms with Crippen LogP contribution >= 0.6 is 11.3 Å². The molecule has 0 spiro atoms. The Balaban J connectivity index is 1.80. The Labute approximate surface area is 184 Å². The van der Waals surface area contributed by atoms with Gasteiger partial charge in [-0.05, 0) is 68.9 Å². The molecule has 2 aromatic rings. The maximum absolute atomic E-state index is 12.8. The van der Waals surface area contributed by atoms with Gasteiger partial charge in [0.05, 0.1) is 10.5 Å². The molecule has 1 aromatic carbocycles. The van der Waals surface area contributed by atoms with Gasteiger partial charge in [0.2, 0.25) is 5.91 Å². The van der Waals surface area contributed by atoms with Crippen molar-refractivity contribution in [3.63, 3.8) is 0 Å². The number of nitro groups is 1. The number of carbonyl (C=O) groups excluding carboxylic acids is 2. The minimum absolute atomic E-state index is 0.0117. The van der Waals surface area contributed by atoms with E-state index >= 15 is 0 Å². The molecule has 8 nitrogen and oxygen atoms in total. The second-order valence-corrected chi connectivity index (χ2v) is 8.54. The summed E-state index contributed by atoms with van der Waals surface area (Å²) in [6.07, 6.45) is 7.81. The zero-order valence-corrected chi connectivity index (χ0v) is 18.3. The van der Waals surface area contributed by atoms with Gasteiger partial charge in [0, 0.05) is 28.8 Å². The van der Waals surface area contributed by atoms with Crippen LogP contribution < -0.4 is 10.7 Å². The summed E-state index contributed by atoms with van der Waals surface area (Å²) in [6.45, 7) is 3.58. The molecule has 0 aliphatic heterocycles. The third kappa shape index (κ3) is 5.85. The lowest BCUT2D eigenvalue weighted by atomic mass is 10.1. The van der Waals surface area contributed by atoms with Gasteiger partial charge in [-0.25, -0.2) is 5.43 Å². The van der Waals surface area contributed by atoms with Crippen molar-refractivity contribution in [2.75, 3.05) is 5.32 Å². The number of nitrogens with one attached hydrogen (secondary N) is 2. The number of hydrazone groups is 1. The molecule has 0 saturated heterocycles. The second-order valence-electron chi connectivity index (χ2n) is 7.44. The quantitative estimate of drug-likeness (QED) is 0.223. The van der Waals surface area contributed by atoms with Crippen LogP contribution in [0.25, 0.3) is 6.08 Å². The van der Waals surface area contributed by atoms with Crippen molar-refractivity contribution in [3.8, 4) is 0 Å². The molecule has 0 unspecified atom stereocenters. The molecule has 3 rings (SSSR count). The van der Waals surface area contributed by atoms with Crippen molar-refractivity contribution < 1.29 is 14.5 Å². The first-order valence-electron chi connectivity index (χ1n) is 10.0. The number of fused-ring (bicyclic) bond motifs is 1. The van der Waals surface area contributed by atoms with E-state index in [1.165, 1.54) is 29.5 Å². The van der Waals surface area contributed by atoms with Crippen LogP contribution in [0.2, 0.25) is 0 Å². The van der Waals surface area contributed by atoms with E-state index in [9.17, 15) is 19.7 Å². The number of benzene rings is 1. The van der Waals surface area contributed by atoms with Gasteiger partial charge in [-0.15, -0.1) is 11.3 Å². The fourth-order valence-electron chi connectivity index (χ4n) is 3.32. The molecule has 2 amide bonds.